The largest absolute Gasteiger partial charge is 0.468 e. The lowest BCUT2D eigenvalue weighted by molar-refractivity contribution is 0.430. The Bertz CT molecular complexity index is 562. The Balaban J connectivity index is 1.66. The number of furan rings is 1. The summed E-state index contributed by atoms with van der Waals surface area (Å²) in [6, 6.07) is 11.0. The van der Waals surface area contributed by atoms with Crippen molar-refractivity contribution in [3.63, 3.8) is 0 Å². The average Bonchev–Trinajstić information content (AvgIpc) is 2.99. The van der Waals surface area contributed by atoms with Gasteiger partial charge in [-0.1, -0.05) is 12.1 Å². The monoisotopic (exact) mass is 270 g/mol. The third kappa shape index (κ3) is 2.73. The quantitative estimate of drug-likeness (QED) is 0.921. The molecule has 0 saturated heterocycles. The summed E-state index contributed by atoms with van der Waals surface area (Å²) in [7, 11) is 2.18. The first kappa shape index (κ1) is 13.3. The molecule has 3 rings (SSSR count). The topological polar surface area (TPSA) is 28.4 Å². The molecule has 0 bridgehead atoms. The third-order valence-electron chi connectivity index (χ3n) is 4.08. The van der Waals surface area contributed by atoms with Crippen molar-refractivity contribution in [3.8, 4) is 0 Å². The van der Waals surface area contributed by atoms with Gasteiger partial charge < -0.3 is 14.6 Å². The van der Waals surface area contributed by atoms with E-state index in [1.54, 1.807) is 6.26 Å². The lowest BCUT2D eigenvalue weighted by atomic mass is 9.99. The summed E-state index contributed by atoms with van der Waals surface area (Å²) in [6.07, 6.45) is 4.17. The highest BCUT2D eigenvalue weighted by atomic mass is 16.3. The SMILES string of the molecule is C[C@H](NCc1ccc2c(c1)CCCN2C)c1ccco1. The van der Waals surface area contributed by atoms with E-state index < -0.39 is 0 Å². The minimum Gasteiger partial charge on any atom is -0.468 e. The molecule has 1 aliphatic heterocycles. The van der Waals surface area contributed by atoms with E-state index in [0.29, 0.717) is 0 Å². The minimum absolute atomic E-state index is 0.240. The molecule has 2 heterocycles. The van der Waals surface area contributed by atoms with Crippen LogP contribution in [0.3, 0.4) is 0 Å². The molecule has 0 amide bonds. The molecule has 0 fully saturated rings. The summed E-state index contributed by atoms with van der Waals surface area (Å²) in [4.78, 5) is 2.35. The molecule has 1 aromatic heterocycles. The van der Waals surface area contributed by atoms with Gasteiger partial charge in [0.1, 0.15) is 5.76 Å². The standard InChI is InChI=1S/C17H22N2O/c1-13(17-6-4-10-20-17)18-12-14-7-8-16-15(11-14)5-3-9-19(16)2/h4,6-8,10-11,13,18H,3,5,9,12H2,1-2H3/t13-/m0/s1. The van der Waals surface area contributed by atoms with E-state index in [9.17, 15) is 0 Å². The molecular formula is C17H22N2O. The first-order valence-corrected chi connectivity index (χ1v) is 7.34. The molecule has 0 unspecified atom stereocenters. The summed E-state index contributed by atoms with van der Waals surface area (Å²) in [6.45, 7) is 4.17. The van der Waals surface area contributed by atoms with E-state index in [1.807, 2.05) is 12.1 Å². The van der Waals surface area contributed by atoms with Gasteiger partial charge in [-0.05, 0) is 49.1 Å². The third-order valence-corrected chi connectivity index (χ3v) is 4.08. The number of aryl methyl sites for hydroxylation is 1. The molecule has 0 saturated carbocycles. The Kier molecular flexibility index (Phi) is 3.79. The van der Waals surface area contributed by atoms with Crippen molar-refractivity contribution >= 4 is 5.69 Å². The van der Waals surface area contributed by atoms with Gasteiger partial charge in [0.05, 0.1) is 12.3 Å². The molecule has 1 aromatic carbocycles. The van der Waals surface area contributed by atoms with Crippen LogP contribution >= 0.6 is 0 Å². The Morgan fingerprint density at radius 3 is 3.05 bits per heavy atom. The van der Waals surface area contributed by atoms with Gasteiger partial charge in [0.2, 0.25) is 0 Å². The highest BCUT2D eigenvalue weighted by Crippen LogP contribution is 2.27. The van der Waals surface area contributed by atoms with Gasteiger partial charge in [0, 0.05) is 25.8 Å². The second-order valence-corrected chi connectivity index (χ2v) is 5.61. The Morgan fingerprint density at radius 2 is 2.25 bits per heavy atom. The highest BCUT2D eigenvalue weighted by Gasteiger charge is 2.14. The van der Waals surface area contributed by atoms with Crippen LogP contribution in [-0.4, -0.2) is 13.6 Å². The van der Waals surface area contributed by atoms with Crippen molar-refractivity contribution in [1.29, 1.82) is 0 Å². The number of nitrogens with zero attached hydrogens (tertiary/aromatic N) is 1. The van der Waals surface area contributed by atoms with Gasteiger partial charge >= 0.3 is 0 Å². The molecule has 1 N–H and O–H groups in total. The van der Waals surface area contributed by atoms with Crippen LogP contribution < -0.4 is 10.2 Å². The highest BCUT2D eigenvalue weighted by molar-refractivity contribution is 5.56. The lowest BCUT2D eigenvalue weighted by Crippen LogP contribution is -2.25. The Morgan fingerprint density at radius 1 is 1.35 bits per heavy atom. The number of rotatable bonds is 4. The molecule has 2 aromatic rings. The van der Waals surface area contributed by atoms with Crippen LogP contribution in [0.1, 0.15) is 36.3 Å². The predicted octanol–water partition coefficient (Wildman–Crippen LogP) is 3.51. The lowest BCUT2D eigenvalue weighted by Gasteiger charge is -2.28. The normalized spacial score (nSPS) is 16.0. The molecule has 1 aliphatic rings. The first-order valence-electron chi connectivity index (χ1n) is 7.34. The second-order valence-electron chi connectivity index (χ2n) is 5.61. The zero-order valence-electron chi connectivity index (χ0n) is 12.2. The summed E-state index contributed by atoms with van der Waals surface area (Å²) in [5.74, 6) is 0.989. The summed E-state index contributed by atoms with van der Waals surface area (Å²) >= 11 is 0. The summed E-state index contributed by atoms with van der Waals surface area (Å²) < 4.78 is 5.42. The Labute approximate surface area is 120 Å². The smallest absolute Gasteiger partial charge is 0.120 e. The predicted molar refractivity (Wildman–Crippen MR) is 82.0 cm³/mol. The van der Waals surface area contributed by atoms with Gasteiger partial charge in [0.15, 0.2) is 0 Å². The molecule has 0 aliphatic carbocycles. The van der Waals surface area contributed by atoms with E-state index in [-0.39, 0.29) is 6.04 Å². The number of hydrogen-bond donors (Lipinski definition) is 1. The fourth-order valence-electron chi connectivity index (χ4n) is 2.86. The number of nitrogens with one attached hydrogen (secondary N) is 1. The first-order chi connectivity index (χ1) is 9.74. The average molecular weight is 270 g/mol. The van der Waals surface area contributed by atoms with Crippen LogP contribution in [-0.2, 0) is 13.0 Å². The van der Waals surface area contributed by atoms with Crippen LogP contribution in [0.2, 0.25) is 0 Å². The van der Waals surface area contributed by atoms with Crippen LogP contribution in [0.5, 0.6) is 0 Å². The van der Waals surface area contributed by atoms with Crippen LogP contribution in [0.25, 0.3) is 0 Å². The van der Waals surface area contributed by atoms with Crippen LogP contribution in [0.15, 0.2) is 41.0 Å². The molecule has 20 heavy (non-hydrogen) atoms. The summed E-state index contributed by atoms with van der Waals surface area (Å²) in [5, 5.41) is 3.51. The molecule has 1 atom stereocenters. The number of hydrogen-bond acceptors (Lipinski definition) is 3. The van der Waals surface area contributed by atoms with Gasteiger partial charge in [-0.25, -0.2) is 0 Å². The fraction of sp³-hybridized carbons (Fsp3) is 0.412. The molecule has 0 radical (unpaired) electrons. The number of fused-ring (bicyclic) bond motifs is 1. The van der Waals surface area contributed by atoms with Crippen molar-refractivity contribution in [2.75, 3.05) is 18.5 Å². The summed E-state index contributed by atoms with van der Waals surface area (Å²) in [5.41, 5.74) is 4.21. The van der Waals surface area contributed by atoms with Gasteiger partial charge in [0.25, 0.3) is 0 Å². The van der Waals surface area contributed by atoms with Crippen molar-refractivity contribution in [2.24, 2.45) is 0 Å². The molecule has 0 spiro atoms. The van der Waals surface area contributed by atoms with Crippen molar-refractivity contribution < 1.29 is 4.42 Å². The van der Waals surface area contributed by atoms with Crippen molar-refractivity contribution in [1.82, 2.24) is 5.32 Å². The fourth-order valence-corrected chi connectivity index (χ4v) is 2.86. The van der Waals surface area contributed by atoms with E-state index in [4.69, 9.17) is 4.42 Å². The van der Waals surface area contributed by atoms with E-state index in [0.717, 1.165) is 12.3 Å². The molecule has 106 valence electrons. The second kappa shape index (κ2) is 5.71. The Hall–Kier alpha value is -1.74. The minimum atomic E-state index is 0.240. The van der Waals surface area contributed by atoms with Crippen molar-refractivity contribution in [3.05, 3.63) is 53.5 Å². The van der Waals surface area contributed by atoms with Gasteiger partial charge in [-0.3, -0.25) is 0 Å². The van der Waals surface area contributed by atoms with E-state index in [1.165, 1.54) is 36.2 Å². The zero-order valence-corrected chi connectivity index (χ0v) is 12.2. The van der Waals surface area contributed by atoms with Gasteiger partial charge in [-0.15, -0.1) is 0 Å². The number of anilines is 1. The molecule has 3 heteroatoms. The zero-order chi connectivity index (χ0) is 13.9. The molecular weight excluding hydrogens is 248 g/mol. The van der Waals surface area contributed by atoms with E-state index >= 15 is 0 Å². The van der Waals surface area contributed by atoms with Crippen LogP contribution in [0.4, 0.5) is 5.69 Å². The van der Waals surface area contributed by atoms with Crippen molar-refractivity contribution in [2.45, 2.75) is 32.4 Å². The van der Waals surface area contributed by atoms with Crippen LogP contribution in [0, 0.1) is 0 Å². The van der Waals surface area contributed by atoms with Gasteiger partial charge in [-0.2, -0.15) is 0 Å². The maximum Gasteiger partial charge on any atom is 0.120 e. The number of benzene rings is 1. The van der Waals surface area contributed by atoms with E-state index in [2.05, 4.69) is 42.4 Å². The molecule has 3 nitrogen and oxygen atoms in total. The maximum absolute atomic E-state index is 5.42. The maximum atomic E-state index is 5.42.